The second-order valence-corrected chi connectivity index (χ2v) is 19.8. The van der Waals surface area contributed by atoms with Crippen molar-refractivity contribution in [2.75, 3.05) is 79.9 Å². The first-order chi connectivity index (χ1) is 37.3. The van der Waals surface area contributed by atoms with Crippen LogP contribution in [0.25, 0.3) is 0 Å². The molecule has 9 aromatic carbocycles. The Hall–Kier alpha value is -9.02. The Labute approximate surface area is 438 Å². The Morgan fingerprint density at radius 3 is 0.946 bits per heavy atom. The molecule has 13 rings (SSSR count). The molecule has 0 saturated heterocycles. The first-order valence-corrected chi connectivity index (χ1v) is 25.2. The maximum Gasteiger partial charge on any atom is 0.129 e. The predicted octanol–water partition coefficient (Wildman–Crippen LogP) is 16.1. The van der Waals surface area contributed by atoms with Crippen molar-refractivity contribution in [2.45, 2.75) is 27.7 Å². The molecule has 0 aromatic heterocycles. The molecular weight excluding hydrogens is 913 g/mol. The summed E-state index contributed by atoms with van der Waals surface area (Å²) in [5.41, 5.74) is 19.4. The van der Waals surface area contributed by atoms with E-state index in [-0.39, 0.29) is 6.67 Å². The third kappa shape index (κ3) is 7.90. The summed E-state index contributed by atoms with van der Waals surface area (Å²) >= 11 is 0. The molecule has 4 aliphatic rings. The molecule has 0 N–H and O–H groups in total. The number of hydrogen-bond acceptors (Lipinski definition) is 10. The van der Waals surface area contributed by atoms with E-state index in [0.29, 0.717) is 30.5 Å². The fourth-order valence-electron chi connectivity index (χ4n) is 10.9. The van der Waals surface area contributed by atoms with Crippen LogP contribution in [0.4, 0.5) is 79.6 Å². The zero-order valence-corrected chi connectivity index (χ0v) is 42.2. The number of fused-ring (bicyclic) bond motifs is 4. The summed E-state index contributed by atoms with van der Waals surface area (Å²) in [6, 6.07) is 67.4. The summed E-state index contributed by atoms with van der Waals surface area (Å²) < 4.78 is 38.0. The lowest BCUT2D eigenvalue weighted by Crippen LogP contribution is -2.25. The minimum absolute atomic E-state index is 0.211. The average molecular weight is 974 g/mol. The molecule has 0 fully saturated rings. The van der Waals surface area contributed by atoms with Crippen LogP contribution >= 0.6 is 0 Å². The zero-order valence-electron chi connectivity index (χ0n) is 45.2. The highest BCUT2D eigenvalue weighted by Gasteiger charge is 2.32. The molecule has 9 aromatic rings. The minimum Gasteiger partial charge on any atom is -0.457 e. The molecule has 4 aliphatic heterocycles. The number of aryl methyl sites for hydroxylation is 4. The highest BCUT2D eigenvalue weighted by molar-refractivity contribution is 5.90. The van der Waals surface area contributed by atoms with Gasteiger partial charge >= 0.3 is 0 Å². The van der Waals surface area contributed by atoms with Gasteiger partial charge in [0, 0.05) is 76.5 Å². The zero-order chi connectivity index (χ0) is 52.7. The Balaban J connectivity index is 0.711. The molecule has 0 aliphatic carbocycles. The largest absolute Gasteiger partial charge is 0.457 e. The van der Waals surface area contributed by atoms with E-state index in [4.69, 9.17) is 13.6 Å². The van der Waals surface area contributed by atoms with Gasteiger partial charge in [-0.2, -0.15) is 0 Å². The molecule has 4 heterocycles. The maximum absolute atomic E-state index is 8.28. The van der Waals surface area contributed by atoms with Gasteiger partial charge in [-0.15, -0.1) is 0 Å². The lowest BCUT2D eigenvalue weighted by atomic mass is 10.1. The summed E-state index contributed by atoms with van der Waals surface area (Å²) in [5.74, 6) is 2.92. The number of nitrogens with zero attached hydrogens (tertiary/aromatic N) is 8. The van der Waals surface area contributed by atoms with Crippen LogP contribution in [0.15, 0.2) is 194 Å². The maximum atomic E-state index is 8.28. The van der Waals surface area contributed by atoms with Crippen molar-refractivity contribution >= 4 is 79.6 Å². The van der Waals surface area contributed by atoms with E-state index in [1.54, 1.807) is 0 Å². The molecule has 0 saturated carbocycles. The van der Waals surface area contributed by atoms with Crippen molar-refractivity contribution in [1.29, 1.82) is 0 Å². The molecule has 0 amide bonds. The van der Waals surface area contributed by atoms with Gasteiger partial charge in [0.05, 0.1) is 58.8 Å². The van der Waals surface area contributed by atoms with Crippen molar-refractivity contribution in [3.8, 4) is 23.0 Å². The third-order valence-electron chi connectivity index (χ3n) is 15.1. The van der Waals surface area contributed by atoms with Gasteiger partial charge in [0.15, 0.2) is 0 Å². The van der Waals surface area contributed by atoms with E-state index in [9.17, 15) is 0 Å². The first-order valence-electron chi connectivity index (χ1n) is 26.7. The van der Waals surface area contributed by atoms with Crippen LogP contribution in [0.2, 0.25) is 0 Å². The quantitative estimate of drug-likeness (QED) is 0.132. The van der Waals surface area contributed by atoms with E-state index in [1.807, 2.05) is 66.4 Å². The van der Waals surface area contributed by atoms with Crippen molar-refractivity contribution in [3.63, 3.8) is 0 Å². The van der Waals surface area contributed by atoms with Gasteiger partial charge in [0.25, 0.3) is 0 Å². The van der Waals surface area contributed by atoms with Crippen LogP contribution in [0.1, 0.15) is 26.4 Å². The van der Waals surface area contributed by atoms with Crippen LogP contribution in [-0.4, -0.2) is 40.7 Å². The van der Waals surface area contributed by atoms with E-state index in [1.165, 1.54) is 27.4 Å². The predicted molar refractivity (Wildman–Crippen MR) is 306 cm³/mol. The molecule has 0 spiro atoms. The number of rotatable bonds is 10. The van der Waals surface area contributed by atoms with E-state index < -0.39 is 6.98 Å². The van der Waals surface area contributed by atoms with Crippen LogP contribution in [0.3, 0.4) is 0 Å². The van der Waals surface area contributed by atoms with Crippen molar-refractivity contribution in [3.05, 3.63) is 216 Å². The normalized spacial score (nSPS) is 15.2. The minimum atomic E-state index is -2.28. The molecule has 10 heteroatoms. The number of para-hydroxylation sites is 4. The summed E-state index contributed by atoms with van der Waals surface area (Å²) in [6.45, 7) is 8.37. The van der Waals surface area contributed by atoms with Gasteiger partial charge in [-0.3, -0.25) is 0 Å². The van der Waals surface area contributed by atoms with Gasteiger partial charge in [-0.1, -0.05) is 48.5 Å². The lowest BCUT2D eigenvalue weighted by Gasteiger charge is -2.25. The van der Waals surface area contributed by atoms with Gasteiger partial charge in [-0.05, 0) is 171 Å². The molecule has 10 nitrogen and oxygen atoms in total. The number of benzene rings is 9. The number of ether oxygens (including phenoxy) is 2. The van der Waals surface area contributed by atoms with Crippen molar-refractivity contribution in [1.82, 2.24) is 0 Å². The van der Waals surface area contributed by atoms with Crippen LogP contribution in [0.5, 0.6) is 23.0 Å². The molecule has 74 heavy (non-hydrogen) atoms. The third-order valence-corrected chi connectivity index (χ3v) is 15.1. The Morgan fingerprint density at radius 1 is 0.297 bits per heavy atom. The first kappa shape index (κ1) is 41.6. The molecular formula is C64H58N8O2. The average Bonchev–Trinajstić information content (AvgIpc) is 4.25. The van der Waals surface area contributed by atoms with Gasteiger partial charge < -0.3 is 48.7 Å². The van der Waals surface area contributed by atoms with Crippen LogP contribution in [0, 0.1) is 27.7 Å². The van der Waals surface area contributed by atoms with Crippen molar-refractivity contribution in [2.24, 2.45) is 0 Å². The molecule has 0 atom stereocenters. The van der Waals surface area contributed by atoms with E-state index in [0.717, 1.165) is 91.9 Å². The smallest absolute Gasteiger partial charge is 0.129 e. The molecule has 0 bridgehead atoms. The summed E-state index contributed by atoms with van der Waals surface area (Å²) in [5, 5.41) is 0. The fraction of sp³-hybridized carbons (Fsp3) is 0.156. The SMILES string of the molecule is [2H]C([2H])([2H])N1CN(c2cccc(Oc3cccc(N4CN(c5ccc(N6CN(c7cccc(Oc8cccc(N9CN(C)c%10cc(C)c(C)cc%109)c8)c7)c7ccccc76)cc5)c5ccccc54)c3)c2)c2cc(C)c(C)cc21. The molecule has 0 unspecified atom stereocenters. The summed E-state index contributed by atoms with van der Waals surface area (Å²) in [4.78, 5) is 17.6. The van der Waals surface area contributed by atoms with Crippen LogP contribution in [-0.2, 0) is 0 Å². The lowest BCUT2D eigenvalue weighted by molar-refractivity contribution is 0.482. The standard InChI is InChI=1S/C64H58N8O2/c1-43-31-61-63(33-45(43)3)67(39-65(61)5)49-15-11-19-53(35-49)73-55-21-13-17-51(37-55)71-41-69(57-23-7-9-25-59(57)71)47-27-29-48(30-28-47)70-42-72(60-26-10-8-24-58(60)70)52-18-14-22-56(38-52)74-54-20-12-16-50(36-54)68-40-66(6)62-32-44(2)46(4)34-64(62)68/h7-38H,39-42H2,1-6H3/i5D3. The second-order valence-electron chi connectivity index (χ2n) is 19.8. The second kappa shape index (κ2) is 17.9. The molecule has 0 radical (unpaired) electrons. The van der Waals surface area contributed by atoms with Crippen LogP contribution < -0.4 is 48.7 Å². The number of hydrogen-bond donors (Lipinski definition) is 0. The topological polar surface area (TPSA) is 44.4 Å². The molecule has 366 valence electrons. The summed E-state index contributed by atoms with van der Waals surface area (Å²) in [7, 11) is 2.15. The fourth-order valence-corrected chi connectivity index (χ4v) is 10.9. The van der Waals surface area contributed by atoms with E-state index in [2.05, 4.69) is 197 Å². The van der Waals surface area contributed by atoms with Gasteiger partial charge in [0.2, 0.25) is 0 Å². The van der Waals surface area contributed by atoms with E-state index >= 15 is 0 Å². The summed E-state index contributed by atoms with van der Waals surface area (Å²) in [6.07, 6.45) is 0. The van der Waals surface area contributed by atoms with Gasteiger partial charge in [-0.25, -0.2) is 0 Å². The highest BCUT2D eigenvalue weighted by Crippen LogP contribution is 2.49. The number of anilines is 14. The highest BCUT2D eigenvalue weighted by atomic mass is 16.5. The Bertz CT molecular complexity index is 3750. The Morgan fingerprint density at radius 2 is 0.595 bits per heavy atom. The van der Waals surface area contributed by atoms with Gasteiger partial charge in [0.1, 0.15) is 36.3 Å². The van der Waals surface area contributed by atoms with Crippen molar-refractivity contribution < 1.29 is 13.6 Å². The monoisotopic (exact) mass is 973 g/mol. The Kier molecular flexibility index (Phi) is 10.1.